The summed E-state index contributed by atoms with van der Waals surface area (Å²) in [6.45, 7) is 2.32. The standard InChI is InChI=1S/C17H18N2O2/c1-12(19)14-4-3-5-16(9-14)21-11-13-6-7-17(20-2)15(8-13)10-18/h3-9,12H,11,19H2,1-2H3. The summed E-state index contributed by atoms with van der Waals surface area (Å²) in [5, 5.41) is 9.07. The van der Waals surface area contributed by atoms with E-state index in [0.29, 0.717) is 17.9 Å². The molecular weight excluding hydrogens is 264 g/mol. The molecule has 2 aromatic rings. The summed E-state index contributed by atoms with van der Waals surface area (Å²) in [6, 6.07) is 15.2. The quantitative estimate of drug-likeness (QED) is 0.914. The second-order valence-electron chi connectivity index (χ2n) is 4.80. The Bertz CT molecular complexity index is 660. The van der Waals surface area contributed by atoms with Crippen LogP contribution in [0, 0.1) is 11.3 Å². The molecule has 0 spiro atoms. The van der Waals surface area contributed by atoms with Crippen molar-refractivity contribution in [3.05, 3.63) is 59.2 Å². The Labute approximate surface area is 124 Å². The topological polar surface area (TPSA) is 68.3 Å². The monoisotopic (exact) mass is 282 g/mol. The molecule has 0 amide bonds. The van der Waals surface area contributed by atoms with Gasteiger partial charge < -0.3 is 15.2 Å². The molecule has 0 aliphatic rings. The number of nitrogens with two attached hydrogens (primary N) is 1. The van der Waals surface area contributed by atoms with Gasteiger partial charge >= 0.3 is 0 Å². The van der Waals surface area contributed by atoms with Gasteiger partial charge in [0.15, 0.2) is 0 Å². The Morgan fingerprint density at radius 1 is 1.24 bits per heavy atom. The maximum atomic E-state index is 9.07. The lowest BCUT2D eigenvalue weighted by molar-refractivity contribution is 0.305. The summed E-state index contributed by atoms with van der Waals surface area (Å²) >= 11 is 0. The minimum Gasteiger partial charge on any atom is -0.495 e. The van der Waals surface area contributed by atoms with E-state index in [2.05, 4.69) is 6.07 Å². The first kappa shape index (κ1) is 14.9. The maximum absolute atomic E-state index is 9.07. The highest BCUT2D eigenvalue weighted by molar-refractivity contribution is 5.45. The zero-order valence-electron chi connectivity index (χ0n) is 12.2. The molecule has 0 fully saturated rings. The van der Waals surface area contributed by atoms with E-state index >= 15 is 0 Å². The molecule has 2 aromatic carbocycles. The van der Waals surface area contributed by atoms with Gasteiger partial charge in [0.05, 0.1) is 12.7 Å². The van der Waals surface area contributed by atoms with Gasteiger partial charge in [-0.3, -0.25) is 0 Å². The van der Waals surface area contributed by atoms with E-state index in [1.54, 1.807) is 19.2 Å². The highest BCUT2D eigenvalue weighted by Gasteiger charge is 2.05. The van der Waals surface area contributed by atoms with Crippen LogP contribution in [-0.4, -0.2) is 7.11 Å². The number of hydrogen-bond donors (Lipinski definition) is 1. The number of nitrogens with zero attached hydrogens (tertiary/aromatic N) is 1. The molecule has 108 valence electrons. The minimum absolute atomic E-state index is 0.0280. The van der Waals surface area contributed by atoms with Crippen molar-refractivity contribution in [1.29, 1.82) is 5.26 Å². The van der Waals surface area contributed by atoms with E-state index in [0.717, 1.165) is 16.9 Å². The molecule has 0 aliphatic heterocycles. The molecule has 0 aromatic heterocycles. The van der Waals surface area contributed by atoms with Crippen molar-refractivity contribution in [2.75, 3.05) is 7.11 Å². The van der Waals surface area contributed by atoms with Crippen molar-refractivity contribution >= 4 is 0 Å². The summed E-state index contributed by atoms with van der Waals surface area (Å²) < 4.78 is 10.9. The lowest BCUT2D eigenvalue weighted by Gasteiger charge is -2.11. The molecule has 1 unspecified atom stereocenters. The molecule has 2 rings (SSSR count). The molecule has 2 N–H and O–H groups in total. The first-order valence-corrected chi connectivity index (χ1v) is 6.69. The lowest BCUT2D eigenvalue weighted by Crippen LogP contribution is -2.05. The van der Waals surface area contributed by atoms with Crippen LogP contribution in [0.1, 0.15) is 29.7 Å². The van der Waals surface area contributed by atoms with Gasteiger partial charge in [0.1, 0.15) is 24.2 Å². The van der Waals surface area contributed by atoms with Crippen molar-refractivity contribution in [1.82, 2.24) is 0 Å². The van der Waals surface area contributed by atoms with Crippen molar-refractivity contribution in [2.45, 2.75) is 19.6 Å². The molecule has 0 radical (unpaired) electrons. The minimum atomic E-state index is -0.0280. The van der Waals surface area contributed by atoms with Gasteiger partial charge in [0.25, 0.3) is 0 Å². The average molecular weight is 282 g/mol. The second-order valence-corrected chi connectivity index (χ2v) is 4.80. The Morgan fingerprint density at radius 3 is 2.71 bits per heavy atom. The van der Waals surface area contributed by atoms with Gasteiger partial charge in [0.2, 0.25) is 0 Å². The molecule has 0 heterocycles. The van der Waals surface area contributed by atoms with Gasteiger partial charge in [-0.15, -0.1) is 0 Å². The summed E-state index contributed by atoms with van der Waals surface area (Å²) in [6.07, 6.45) is 0. The lowest BCUT2D eigenvalue weighted by atomic mass is 10.1. The zero-order valence-corrected chi connectivity index (χ0v) is 12.2. The summed E-state index contributed by atoms with van der Waals surface area (Å²) in [4.78, 5) is 0. The molecule has 4 heteroatoms. The van der Waals surface area contributed by atoms with Gasteiger partial charge in [-0.1, -0.05) is 18.2 Å². The Hall–Kier alpha value is -2.51. The van der Waals surface area contributed by atoms with Crippen LogP contribution < -0.4 is 15.2 Å². The molecule has 21 heavy (non-hydrogen) atoms. The van der Waals surface area contributed by atoms with Gasteiger partial charge in [-0.2, -0.15) is 5.26 Å². The SMILES string of the molecule is COc1ccc(COc2cccc(C(C)N)c2)cc1C#N. The first-order valence-electron chi connectivity index (χ1n) is 6.69. The number of benzene rings is 2. The van der Waals surface area contributed by atoms with Gasteiger partial charge in [-0.25, -0.2) is 0 Å². The van der Waals surface area contributed by atoms with Crippen molar-refractivity contribution in [2.24, 2.45) is 5.73 Å². The Kier molecular flexibility index (Phi) is 4.81. The van der Waals surface area contributed by atoms with Crippen LogP contribution in [0.3, 0.4) is 0 Å². The van der Waals surface area contributed by atoms with Crippen LogP contribution in [0.25, 0.3) is 0 Å². The van der Waals surface area contributed by atoms with Crippen molar-refractivity contribution < 1.29 is 9.47 Å². The second kappa shape index (κ2) is 6.78. The molecule has 0 saturated heterocycles. The number of rotatable bonds is 5. The van der Waals surface area contributed by atoms with Gasteiger partial charge in [-0.05, 0) is 42.3 Å². The average Bonchev–Trinajstić information content (AvgIpc) is 2.52. The third kappa shape index (κ3) is 3.74. The van der Waals surface area contributed by atoms with E-state index in [9.17, 15) is 0 Å². The zero-order chi connectivity index (χ0) is 15.2. The Morgan fingerprint density at radius 2 is 2.05 bits per heavy atom. The fourth-order valence-electron chi connectivity index (χ4n) is 1.99. The summed E-state index contributed by atoms with van der Waals surface area (Å²) in [5.41, 5.74) is 8.30. The first-order chi connectivity index (χ1) is 10.1. The third-order valence-corrected chi connectivity index (χ3v) is 3.17. The fraction of sp³-hybridized carbons (Fsp3) is 0.235. The highest BCUT2D eigenvalue weighted by Crippen LogP contribution is 2.21. The molecule has 0 aliphatic carbocycles. The number of ether oxygens (including phenoxy) is 2. The van der Waals surface area contributed by atoms with Crippen LogP contribution >= 0.6 is 0 Å². The van der Waals surface area contributed by atoms with Crippen LogP contribution in [0.4, 0.5) is 0 Å². The summed E-state index contributed by atoms with van der Waals surface area (Å²) in [7, 11) is 1.55. The van der Waals surface area contributed by atoms with Crippen LogP contribution in [0.15, 0.2) is 42.5 Å². The largest absolute Gasteiger partial charge is 0.495 e. The maximum Gasteiger partial charge on any atom is 0.136 e. The predicted molar refractivity (Wildman–Crippen MR) is 81.1 cm³/mol. The van der Waals surface area contributed by atoms with Crippen molar-refractivity contribution in [3.63, 3.8) is 0 Å². The normalized spacial score (nSPS) is 11.5. The predicted octanol–water partition coefficient (Wildman–Crippen LogP) is 3.17. The van der Waals surface area contributed by atoms with Crippen LogP contribution in [0.2, 0.25) is 0 Å². The smallest absolute Gasteiger partial charge is 0.136 e. The van der Waals surface area contributed by atoms with Gasteiger partial charge in [0, 0.05) is 6.04 Å². The molecule has 0 bridgehead atoms. The summed E-state index contributed by atoms with van der Waals surface area (Å²) in [5.74, 6) is 1.33. The van der Waals surface area contributed by atoms with Crippen molar-refractivity contribution in [3.8, 4) is 17.6 Å². The van der Waals surface area contributed by atoms with E-state index in [-0.39, 0.29) is 6.04 Å². The third-order valence-electron chi connectivity index (χ3n) is 3.17. The molecule has 4 nitrogen and oxygen atoms in total. The molecule has 1 atom stereocenters. The van der Waals surface area contributed by atoms with Crippen LogP contribution in [0.5, 0.6) is 11.5 Å². The molecular formula is C17H18N2O2. The van der Waals surface area contributed by atoms with E-state index in [1.807, 2.05) is 37.3 Å². The fourth-order valence-corrected chi connectivity index (χ4v) is 1.99. The van der Waals surface area contributed by atoms with E-state index in [1.165, 1.54) is 0 Å². The van der Waals surface area contributed by atoms with E-state index < -0.39 is 0 Å². The number of nitriles is 1. The molecule has 0 saturated carbocycles. The highest BCUT2D eigenvalue weighted by atomic mass is 16.5. The Balaban J connectivity index is 2.10. The number of hydrogen-bond acceptors (Lipinski definition) is 4. The van der Waals surface area contributed by atoms with E-state index in [4.69, 9.17) is 20.5 Å². The van der Waals surface area contributed by atoms with Crippen LogP contribution in [-0.2, 0) is 6.61 Å². The number of methoxy groups -OCH3 is 1.